The molecule has 0 saturated heterocycles. The Morgan fingerprint density at radius 1 is 1.21 bits per heavy atom. The molecule has 2 aromatic rings. The molecule has 1 aromatic heterocycles. The Balaban J connectivity index is 0.00000208. The molecule has 1 aromatic carbocycles. The first-order chi connectivity index (χ1) is 11.3. The first-order valence-electron chi connectivity index (χ1n) is 7.53. The summed E-state index contributed by atoms with van der Waals surface area (Å²) in [6.07, 6.45) is 6.61. The average Bonchev–Trinajstić information content (AvgIpc) is 2.81. The number of hydrogen-bond donors (Lipinski definition) is 2. The van der Waals surface area contributed by atoms with Crippen molar-refractivity contribution in [1.29, 1.82) is 0 Å². The lowest BCUT2D eigenvalue weighted by atomic mass is 10.3. The second-order valence-corrected chi connectivity index (χ2v) is 5.05. The monoisotopic (exact) mass is 441 g/mol. The molecule has 0 atom stereocenters. The Bertz CT molecular complexity index is 681. The lowest BCUT2D eigenvalue weighted by molar-refractivity contribution is 0.297. The molecule has 0 aliphatic carbocycles. The van der Waals surface area contributed by atoms with Gasteiger partial charge in [-0.05, 0) is 12.1 Å². The lowest BCUT2D eigenvalue weighted by Gasteiger charge is -2.10. The number of rotatable bonds is 4. The van der Waals surface area contributed by atoms with Gasteiger partial charge in [-0.2, -0.15) is 0 Å². The van der Waals surface area contributed by atoms with Crippen LogP contribution in [0.15, 0.2) is 41.8 Å². The number of nitrogens with zero attached hydrogens (tertiary/aromatic N) is 3. The van der Waals surface area contributed by atoms with Crippen LogP contribution in [0.4, 0.5) is 5.69 Å². The maximum absolute atomic E-state index is 5.91. The van der Waals surface area contributed by atoms with E-state index in [0.29, 0.717) is 32.1 Å². The molecule has 7 nitrogen and oxygen atoms in total. The van der Waals surface area contributed by atoms with Gasteiger partial charge in [0.2, 0.25) is 0 Å². The van der Waals surface area contributed by atoms with Crippen LogP contribution in [0.5, 0.6) is 11.5 Å². The fraction of sp³-hybridized carbons (Fsp3) is 0.312. The van der Waals surface area contributed by atoms with Crippen LogP contribution < -0.4 is 20.5 Å². The van der Waals surface area contributed by atoms with Crippen molar-refractivity contribution in [2.45, 2.75) is 12.8 Å². The molecule has 0 spiro atoms. The molecule has 0 fully saturated rings. The first-order valence-corrected chi connectivity index (χ1v) is 7.53. The fourth-order valence-electron chi connectivity index (χ4n) is 2.18. The van der Waals surface area contributed by atoms with Gasteiger partial charge in [-0.1, -0.05) is 0 Å². The third-order valence-corrected chi connectivity index (χ3v) is 3.29. The van der Waals surface area contributed by atoms with Crippen molar-refractivity contribution in [1.82, 2.24) is 9.97 Å². The van der Waals surface area contributed by atoms with E-state index in [1.807, 2.05) is 18.2 Å². The summed E-state index contributed by atoms with van der Waals surface area (Å²) in [7, 11) is 0. The number of hydrogen-bond acceptors (Lipinski definition) is 5. The van der Waals surface area contributed by atoms with E-state index in [2.05, 4.69) is 20.3 Å². The minimum atomic E-state index is 0. The van der Waals surface area contributed by atoms with Gasteiger partial charge in [0, 0.05) is 49.7 Å². The predicted molar refractivity (Wildman–Crippen MR) is 103 cm³/mol. The van der Waals surface area contributed by atoms with Crippen LogP contribution in [0.1, 0.15) is 12.1 Å². The zero-order valence-electron chi connectivity index (χ0n) is 13.1. The zero-order valence-corrected chi connectivity index (χ0v) is 15.5. The van der Waals surface area contributed by atoms with Crippen molar-refractivity contribution in [2.24, 2.45) is 10.7 Å². The summed E-state index contributed by atoms with van der Waals surface area (Å²) in [5.74, 6) is 1.83. The number of ether oxygens (including phenoxy) is 2. The molecule has 3 N–H and O–H groups in total. The molecule has 1 aliphatic heterocycles. The minimum Gasteiger partial charge on any atom is -0.490 e. The van der Waals surface area contributed by atoms with E-state index in [4.69, 9.17) is 15.2 Å². The number of halogens is 1. The van der Waals surface area contributed by atoms with Gasteiger partial charge in [-0.3, -0.25) is 15.0 Å². The molecule has 128 valence electrons. The van der Waals surface area contributed by atoms with Crippen molar-refractivity contribution in [3.8, 4) is 11.5 Å². The van der Waals surface area contributed by atoms with E-state index in [1.165, 1.54) is 0 Å². The highest BCUT2D eigenvalue weighted by atomic mass is 127. The molecule has 0 saturated carbocycles. The molecule has 24 heavy (non-hydrogen) atoms. The average molecular weight is 441 g/mol. The van der Waals surface area contributed by atoms with E-state index < -0.39 is 0 Å². The zero-order chi connectivity index (χ0) is 15.9. The first kappa shape index (κ1) is 18.2. The van der Waals surface area contributed by atoms with Gasteiger partial charge >= 0.3 is 0 Å². The largest absolute Gasteiger partial charge is 0.490 e. The summed E-state index contributed by atoms with van der Waals surface area (Å²) in [6.45, 7) is 1.87. The minimum absolute atomic E-state index is 0. The Labute approximate surface area is 157 Å². The van der Waals surface area contributed by atoms with Crippen LogP contribution in [0.2, 0.25) is 0 Å². The molecule has 3 rings (SSSR count). The van der Waals surface area contributed by atoms with Crippen LogP contribution in [-0.2, 0) is 6.42 Å². The standard InChI is InChI=1S/C16H19N5O2.HI/c17-16(20-5-4-13-11-18-6-7-19-13)21-12-2-3-14-15(10-12)23-9-1-8-22-14;/h2-3,6-7,10-11H,1,4-5,8-9H2,(H3,17,20,21);1H. The van der Waals surface area contributed by atoms with E-state index in [-0.39, 0.29) is 24.0 Å². The molecular weight excluding hydrogens is 421 g/mol. The van der Waals surface area contributed by atoms with Crippen molar-refractivity contribution in [2.75, 3.05) is 25.1 Å². The van der Waals surface area contributed by atoms with Crippen molar-refractivity contribution in [3.63, 3.8) is 0 Å². The lowest BCUT2D eigenvalue weighted by Crippen LogP contribution is -2.23. The quantitative estimate of drug-likeness (QED) is 0.430. The van der Waals surface area contributed by atoms with Crippen molar-refractivity contribution < 1.29 is 9.47 Å². The fourth-order valence-corrected chi connectivity index (χ4v) is 2.18. The van der Waals surface area contributed by atoms with E-state index >= 15 is 0 Å². The smallest absolute Gasteiger partial charge is 0.193 e. The number of nitrogens with two attached hydrogens (primary N) is 1. The summed E-state index contributed by atoms with van der Waals surface area (Å²) < 4.78 is 11.2. The SMILES string of the molecule is I.NC(=NCCc1cnccn1)Nc1ccc2c(c1)OCCCO2. The van der Waals surface area contributed by atoms with Crippen LogP contribution in [0.3, 0.4) is 0 Å². The molecule has 1 aliphatic rings. The molecular formula is C16H20IN5O2. The molecule has 0 unspecified atom stereocenters. The topological polar surface area (TPSA) is 94.7 Å². The maximum Gasteiger partial charge on any atom is 0.193 e. The van der Waals surface area contributed by atoms with E-state index in [0.717, 1.165) is 29.3 Å². The van der Waals surface area contributed by atoms with Gasteiger partial charge in [0.25, 0.3) is 0 Å². The van der Waals surface area contributed by atoms with Gasteiger partial charge in [0.15, 0.2) is 17.5 Å². The molecule has 0 amide bonds. The Morgan fingerprint density at radius 3 is 2.83 bits per heavy atom. The van der Waals surface area contributed by atoms with Gasteiger partial charge < -0.3 is 20.5 Å². The van der Waals surface area contributed by atoms with Crippen LogP contribution in [0, 0.1) is 0 Å². The molecule has 2 heterocycles. The molecule has 8 heteroatoms. The normalized spacial score (nSPS) is 13.6. The van der Waals surface area contributed by atoms with Crippen molar-refractivity contribution >= 4 is 35.6 Å². The number of guanidine groups is 1. The second kappa shape index (κ2) is 9.26. The van der Waals surface area contributed by atoms with Gasteiger partial charge in [-0.25, -0.2) is 0 Å². The van der Waals surface area contributed by atoms with Gasteiger partial charge in [0.05, 0.1) is 18.9 Å². The summed E-state index contributed by atoms with van der Waals surface area (Å²) >= 11 is 0. The van der Waals surface area contributed by atoms with Crippen LogP contribution in [-0.4, -0.2) is 35.7 Å². The molecule has 0 radical (unpaired) electrons. The summed E-state index contributed by atoms with van der Waals surface area (Å²) in [6, 6.07) is 5.63. The number of aromatic nitrogens is 2. The van der Waals surface area contributed by atoms with Crippen molar-refractivity contribution in [3.05, 3.63) is 42.5 Å². The van der Waals surface area contributed by atoms with Crippen LogP contribution >= 0.6 is 24.0 Å². The maximum atomic E-state index is 5.91. The summed E-state index contributed by atoms with van der Waals surface area (Å²) in [4.78, 5) is 12.5. The summed E-state index contributed by atoms with van der Waals surface area (Å²) in [5.41, 5.74) is 7.61. The summed E-state index contributed by atoms with van der Waals surface area (Å²) in [5, 5.41) is 3.05. The number of fused-ring (bicyclic) bond motifs is 1. The van der Waals surface area contributed by atoms with Crippen LogP contribution in [0.25, 0.3) is 0 Å². The highest BCUT2D eigenvalue weighted by Gasteiger charge is 2.10. The molecule has 0 bridgehead atoms. The Hall–Kier alpha value is -2.10. The predicted octanol–water partition coefficient (Wildman–Crippen LogP) is 2.23. The van der Waals surface area contributed by atoms with E-state index in [1.54, 1.807) is 18.6 Å². The van der Waals surface area contributed by atoms with E-state index in [9.17, 15) is 0 Å². The third-order valence-electron chi connectivity index (χ3n) is 3.29. The Morgan fingerprint density at radius 2 is 2.04 bits per heavy atom. The third kappa shape index (κ3) is 5.22. The van der Waals surface area contributed by atoms with Gasteiger partial charge in [0.1, 0.15) is 0 Å². The highest BCUT2D eigenvalue weighted by Crippen LogP contribution is 2.32. The Kier molecular flexibility index (Phi) is 7.04. The number of aliphatic imine (C=N–C) groups is 1. The van der Waals surface area contributed by atoms with Gasteiger partial charge in [-0.15, -0.1) is 24.0 Å². The number of nitrogens with one attached hydrogen (secondary N) is 1. The number of anilines is 1. The second-order valence-electron chi connectivity index (χ2n) is 5.05. The number of benzene rings is 1. The highest BCUT2D eigenvalue weighted by molar-refractivity contribution is 14.0.